The highest BCUT2D eigenvalue weighted by Gasteiger charge is 2.60. The van der Waals surface area contributed by atoms with E-state index in [1.807, 2.05) is 0 Å². The number of aliphatic hydroxyl groups excluding tert-OH is 1. The summed E-state index contributed by atoms with van der Waals surface area (Å²) < 4.78 is 0. The molecule has 4 rings (SSSR count). The summed E-state index contributed by atoms with van der Waals surface area (Å²) in [4.78, 5) is 0. The van der Waals surface area contributed by atoms with E-state index in [0.717, 1.165) is 24.7 Å². The van der Waals surface area contributed by atoms with Gasteiger partial charge in [0.2, 0.25) is 0 Å². The molecule has 3 N–H and O–H groups in total. The highest BCUT2D eigenvalue weighted by molar-refractivity contribution is 5.24. The molecule has 0 unspecified atom stereocenters. The second-order valence-electron chi connectivity index (χ2n) is 9.31. The van der Waals surface area contributed by atoms with Crippen LogP contribution in [0, 0.1) is 34.5 Å². The van der Waals surface area contributed by atoms with E-state index in [-0.39, 0.29) is 0 Å². The lowest BCUT2D eigenvalue weighted by Crippen LogP contribution is -2.61. The summed E-state index contributed by atoms with van der Waals surface area (Å²) in [5.41, 5.74) is 0.720. The minimum Gasteiger partial charge on any atom is -0.513 e. The zero-order valence-electron chi connectivity index (χ0n) is 15.7. The van der Waals surface area contributed by atoms with Gasteiger partial charge in [-0.3, -0.25) is 0 Å². The summed E-state index contributed by atoms with van der Waals surface area (Å²) in [6.45, 7) is 5.02. The molecule has 3 nitrogen and oxygen atoms in total. The largest absolute Gasteiger partial charge is 0.513 e. The summed E-state index contributed by atoms with van der Waals surface area (Å²) in [5, 5.41) is 17.3. The van der Waals surface area contributed by atoms with E-state index in [4.69, 9.17) is 0 Å². The average Bonchev–Trinajstić information content (AvgIpc) is 2.91. The monoisotopic (exact) mass is 330 g/mol. The molecule has 8 atom stereocenters. The minimum absolute atomic E-state index is 0.358. The van der Waals surface area contributed by atoms with Crippen LogP contribution < -0.4 is 10.6 Å². The van der Waals surface area contributed by atoms with Crippen LogP contribution in [-0.4, -0.2) is 31.3 Å². The lowest BCUT2D eigenvalue weighted by atomic mass is 9.44. The summed E-state index contributed by atoms with van der Waals surface area (Å²) >= 11 is 0. The Morgan fingerprint density at radius 3 is 2.58 bits per heavy atom. The molecular weight excluding hydrogens is 296 g/mol. The van der Waals surface area contributed by atoms with Crippen LogP contribution in [-0.2, 0) is 0 Å². The van der Waals surface area contributed by atoms with Gasteiger partial charge in [-0.25, -0.2) is 0 Å². The first-order valence-electron chi connectivity index (χ1n) is 9.86. The van der Waals surface area contributed by atoms with Gasteiger partial charge in [-0.15, -0.1) is 0 Å². The van der Waals surface area contributed by atoms with Gasteiger partial charge in [0, 0.05) is 18.5 Å². The molecule has 134 valence electrons. The predicted octanol–water partition coefficient (Wildman–Crippen LogP) is 3.64. The van der Waals surface area contributed by atoms with Gasteiger partial charge in [-0.05, 0) is 80.4 Å². The number of allylic oxidation sites excluding steroid dienone is 3. The second kappa shape index (κ2) is 5.60. The lowest BCUT2D eigenvalue weighted by Gasteiger charge is -2.61. The lowest BCUT2D eigenvalue weighted by molar-refractivity contribution is -0.0950. The fraction of sp³-hybridized carbons (Fsp3) is 0.810. The third kappa shape index (κ3) is 2.10. The average molecular weight is 331 g/mol. The standard InChI is InChI=1S/C21H34N2O/c1-20-9-7-14(24)11-13(20)12-17(22-3)19-15-5-6-18(23-4)21(15,2)10-8-16(19)20/h5-6,11,13,15-19,22-24H,7-10,12H2,1-4H3/t13-,15-,16-,17-,18-,19-,20-,21-/m0/s1. The van der Waals surface area contributed by atoms with Crippen molar-refractivity contribution >= 4 is 0 Å². The quantitative estimate of drug-likeness (QED) is 0.677. The Balaban J connectivity index is 1.72. The fourth-order valence-corrected chi connectivity index (χ4v) is 7.03. The van der Waals surface area contributed by atoms with Crippen molar-refractivity contribution in [2.24, 2.45) is 34.5 Å². The Labute approximate surface area is 147 Å². The van der Waals surface area contributed by atoms with Crippen molar-refractivity contribution in [1.29, 1.82) is 0 Å². The first kappa shape index (κ1) is 16.7. The van der Waals surface area contributed by atoms with Crippen LogP contribution >= 0.6 is 0 Å². The summed E-state index contributed by atoms with van der Waals surface area (Å²) in [7, 11) is 4.24. The molecule has 2 saturated carbocycles. The van der Waals surface area contributed by atoms with Crippen molar-refractivity contribution in [2.75, 3.05) is 14.1 Å². The highest BCUT2D eigenvalue weighted by Crippen LogP contribution is 2.64. The zero-order chi connectivity index (χ0) is 17.1. The molecule has 0 spiro atoms. The van der Waals surface area contributed by atoms with Crippen LogP contribution in [0.15, 0.2) is 24.0 Å². The number of fused-ring (bicyclic) bond motifs is 5. The molecule has 0 aromatic rings. The predicted molar refractivity (Wildman–Crippen MR) is 98.8 cm³/mol. The van der Waals surface area contributed by atoms with Crippen molar-refractivity contribution < 1.29 is 5.11 Å². The number of hydrogen-bond acceptors (Lipinski definition) is 3. The van der Waals surface area contributed by atoms with Gasteiger partial charge in [-0.1, -0.05) is 26.0 Å². The third-order valence-electron chi connectivity index (χ3n) is 8.52. The fourth-order valence-electron chi connectivity index (χ4n) is 7.03. The maximum absolute atomic E-state index is 10.1. The molecule has 0 heterocycles. The Hall–Kier alpha value is -0.800. The van der Waals surface area contributed by atoms with Crippen LogP contribution in [0.2, 0.25) is 0 Å². The Morgan fingerprint density at radius 2 is 1.88 bits per heavy atom. The molecule has 3 heteroatoms. The van der Waals surface area contributed by atoms with Gasteiger partial charge in [0.15, 0.2) is 0 Å². The van der Waals surface area contributed by atoms with Crippen LogP contribution in [0.5, 0.6) is 0 Å². The van der Waals surface area contributed by atoms with Crippen molar-refractivity contribution in [1.82, 2.24) is 10.6 Å². The van der Waals surface area contributed by atoms with E-state index >= 15 is 0 Å². The van der Waals surface area contributed by atoms with Gasteiger partial charge in [0.25, 0.3) is 0 Å². The minimum atomic E-state index is 0.358. The molecule has 2 fully saturated rings. The molecule has 0 saturated heterocycles. The smallest absolute Gasteiger partial charge is 0.0886 e. The van der Waals surface area contributed by atoms with E-state index in [2.05, 4.69) is 56.8 Å². The van der Waals surface area contributed by atoms with Gasteiger partial charge in [-0.2, -0.15) is 0 Å². The SMILES string of the molecule is CN[C@H]1C[C@@H]2C=C(O)CC[C@]2(C)[C@H]2CC[C@]3(C)[C@@H](NC)C=C[C@H]3[C@H]12. The third-order valence-corrected chi connectivity index (χ3v) is 8.52. The molecule has 0 amide bonds. The Bertz CT molecular complexity index is 570. The number of aliphatic hydroxyl groups is 1. The molecular formula is C21H34N2O. The summed E-state index contributed by atoms with van der Waals surface area (Å²) in [5.74, 6) is 3.31. The number of likely N-dealkylation sites (N-methyl/N-ethyl adjacent to an activating group) is 1. The van der Waals surface area contributed by atoms with Gasteiger partial charge in [0.05, 0.1) is 5.76 Å². The topological polar surface area (TPSA) is 44.3 Å². The number of hydrogen-bond donors (Lipinski definition) is 3. The van der Waals surface area contributed by atoms with Crippen LogP contribution in [0.3, 0.4) is 0 Å². The first-order valence-corrected chi connectivity index (χ1v) is 9.86. The summed E-state index contributed by atoms with van der Waals surface area (Å²) in [6.07, 6.45) is 13.0. The van der Waals surface area contributed by atoms with Crippen molar-refractivity contribution in [3.8, 4) is 0 Å². The zero-order valence-corrected chi connectivity index (χ0v) is 15.7. The second-order valence-corrected chi connectivity index (χ2v) is 9.31. The molecule has 0 aromatic carbocycles. The molecule has 4 aliphatic carbocycles. The van der Waals surface area contributed by atoms with Crippen molar-refractivity contribution in [3.63, 3.8) is 0 Å². The maximum Gasteiger partial charge on any atom is 0.0886 e. The van der Waals surface area contributed by atoms with Gasteiger partial charge in [0.1, 0.15) is 0 Å². The molecule has 0 bridgehead atoms. The van der Waals surface area contributed by atoms with E-state index < -0.39 is 0 Å². The number of nitrogens with one attached hydrogen (secondary N) is 2. The maximum atomic E-state index is 10.1. The molecule has 0 radical (unpaired) electrons. The summed E-state index contributed by atoms with van der Waals surface area (Å²) in [6, 6.07) is 1.07. The van der Waals surface area contributed by atoms with E-state index in [9.17, 15) is 5.11 Å². The number of rotatable bonds is 2. The van der Waals surface area contributed by atoms with E-state index in [1.54, 1.807) is 0 Å². The van der Waals surface area contributed by atoms with Crippen molar-refractivity contribution in [2.45, 2.75) is 58.0 Å². The Kier molecular flexibility index (Phi) is 3.89. The highest BCUT2D eigenvalue weighted by atomic mass is 16.3. The van der Waals surface area contributed by atoms with Crippen LogP contribution in [0.4, 0.5) is 0 Å². The molecule has 0 aromatic heterocycles. The molecule has 0 aliphatic heterocycles. The van der Waals surface area contributed by atoms with Crippen molar-refractivity contribution in [3.05, 3.63) is 24.0 Å². The molecule has 24 heavy (non-hydrogen) atoms. The van der Waals surface area contributed by atoms with Gasteiger partial charge < -0.3 is 15.7 Å². The van der Waals surface area contributed by atoms with E-state index in [0.29, 0.717) is 40.5 Å². The van der Waals surface area contributed by atoms with Gasteiger partial charge >= 0.3 is 0 Å². The van der Waals surface area contributed by atoms with Crippen LogP contribution in [0.1, 0.15) is 46.0 Å². The first-order chi connectivity index (χ1) is 11.4. The normalized spacial score (nSPS) is 53.1. The van der Waals surface area contributed by atoms with Crippen LogP contribution in [0.25, 0.3) is 0 Å². The van der Waals surface area contributed by atoms with E-state index in [1.165, 1.54) is 19.3 Å². The molecule has 4 aliphatic rings. The Morgan fingerprint density at radius 1 is 1.08 bits per heavy atom.